The van der Waals surface area contributed by atoms with Gasteiger partial charge in [-0.05, 0) is 37.3 Å². The highest BCUT2D eigenvalue weighted by Gasteiger charge is 2.45. The number of methoxy groups -OCH3 is 1. The molecule has 0 aromatic heterocycles. The number of esters is 1. The molecule has 0 atom stereocenters. The number of nitrogens with zero attached hydrogens (tertiary/aromatic N) is 3. The number of halogens is 3. The minimum absolute atomic E-state index is 0.00990. The number of rotatable bonds is 4. The summed E-state index contributed by atoms with van der Waals surface area (Å²) in [6.07, 6.45) is -3.88. The topological polar surface area (TPSA) is 63.5 Å². The molecule has 0 amide bonds. The summed E-state index contributed by atoms with van der Waals surface area (Å²) in [7, 11) is 1.49. The van der Waals surface area contributed by atoms with E-state index in [1.54, 1.807) is 31.2 Å². The van der Waals surface area contributed by atoms with Gasteiger partial charge in [-0.3, -0.25) is 4.90 Å². The van der Waals surface area contributed by atoms with Gasteiger partial charge in [-0.2, -0.15) is 13.2 Å². The van der Waals surface area contributed by atoms with Crippen LogP contribution in [0, 0.1) is 0 Å². The highest BCUT2D eigenvalue weighted by Crippen LogP contribution is 2.39. The lowest BCUT2D eigenvalue weighted by Gasteiger charge is -2.24. The highest BCUT2D eigenvalue weighted by atomic mass is 32.2. The number of amidine groups is 1. The molecule has 3 rings (SSSR count). The fraction of sp³-hybridized carbons (Fsp3) is 0.235. The molecule has 2 heterocycles. The van der Waals surface area contributed by atoms with E-state index in [2.05, 4.69) is 10.2 Å². The summed E-state index contributed by atoms with van der Waals surface area (Å²) in [6, 6.07) is 6.37. The van der Waals surface area contributed by atoms with Gasteiger partial charge in [0.15, 0.2) is 5.17 Å². The van der Waals surface area contributed by atoms with Crippen molar-refractivity contribution in [3.8, 4) is 5.75 Å². The molecular formula is C17H14F3N3O3S. The van der Waals surface area contributed by atoms with Gasteiger partial charge in [0, 0.05) is 11.0 Å². The molecule has 6 nitrogen and oxygen atoms in total. The predicted molar refractivity (Wildman–Crippen MR) is 95.3 cm³/mol. The second-order valence-corrected chi connectivity index (χ2v) is 6.14. The number of fused-ring (bicyclic) bond motifs is 1. The number of hydrogen-bond acceptors (Lipinski definition) is 7. The maximum atomic E-state index is 13.8. The summed E-state index contributed by atoms with van der Waals surface area (Å²) in [5.41, 5.74) is -0.890. The van der Waals surface area contributed by atoms with Crippen molar-refractivity contribution in [2.75, 3.05) is 13.7 Å². The van der Waals surface area contributed by atoms with E-state index in [1.807, 2.05) is 0 Å². The molecule has 27 heavy (non-hydrogen) atoms. The lowest BCUT2D eigenvalue weighted by atomic mass is 10.1. The second-order valence-electron chi connectivity index (χ2n) is 5.30. The van der Waals surface area contributed by atoms with Gasteiger partial charge in [0.1, 0.15) is 17.1 Å². The molecule has 0 bridgehead atoms. The molecule has 0 unspecified atom stereocenters. The molecule has 0 saturated heterocycles. The van der Waals surface area contributed by atoms with Gasteiger partial charge in [-0.1, -0.05) is 11.8 Å². The standard InChI is InChI=1S/C17H14F3N3O3S/c1-3-26-15(24)13-9-27-16-22-21-12(8-14(23(13)16)17(18,19)20)10-4-6-11(25-2)7-5-10/h4-9H,3H2,1-2H3. The normalized spacial score (nSPS) is 16.6. The van der Waals surface area contributed by atoms with Gasteiger partial charge in [0.25, 0.3) is 0 Å². The van der Waals surface area contributed by atoms with Gasteiger partial charge in [0.05, 0.1) is 19.4 Å². The largest absolute Gasteiger partial charge is 0.497 e. The number of carbonyl (C=O) groups excluding carboxylic acids is 1. The first kappa shape index (κ1) is 19.0. The number of thioether (sulfide) groups is 1. The van der Waals surface area contributed by atoms with Crippen LogP contribution in [0.2, 0.25) is 0 Å². The molecule has 1 aromatic rings. The molecule has 0 N–H and O–H groups in total. The minimum Gasteiger partial charge on any atom is -0.497 e. The zero-order valence-electron chi connectivity index (χ0n) is 14.3. The Bertz CT molecular complexity index is 874. The number of benzene rings is 1. The van der Waals surface area contributed by atoms with Crippen LogP contribution in [0.25, 0.3) is 0 Å². The van der Waals surface area contributed by atoms with E-state index < -0.39 is 17.8 Å². The van der Waals surface area contributed by atoms with E-state index >= 15 is 0 Å². The summed E-state index contributed by atoms with van der Waals surface area (Å²) >= 11 is 0.870. The summed E-state index contributed by atoms with van der Waals surface area (Å²) in [6.45, 7) is 1.61. The monoisotopic (exact) mass is 397 g/mol. The van der Waals surface area contributed by atoms with Gasteiger partial charge >= 0.3 is 12.1 Å². The summed E-state index contributed by atoms with van der Waals surface area (Å²) in [4.78, 5) is 12.8. The van der Waals surface area contributed by atoms with Crippen molar-refractivity contribution in [3.63, 3.8) is 0 Å². The van der Waals surface area contributed by atoms with Crippen molar-refractivity contribution in [3.05, 3.63) is 52.7 Å². The Hall–Kier alpha value is -2.75. The Balaban J connectivity index is 2.05. The average Bonchev–Trinajstić information content (AvgIpc) is 2.95. The number of ether oxygens (including phenoxy) is 2. The Morgan fingerprint density at radius 3 is 2.52 bits per heavy atom. The van der Waals surface area contributed by atoms with Crippen LogP contribution in [0.3, 0.4) is 0 Å². The van der Waals surface area contributed by atoms with E-state index in [1.165, 1.54) is 12.5 Å². The van der Waals surface area contributed by atoms with Crippen molar-refractivity contribution in [2.24, 2.45) is 10.2 Å². The van der Waals surface area contributed by atoms with Crippen LogP contribution < -0.4 is 4.74 Å². The number of alkyl halides is 3. The van der Waals surface area contributed by atoms with Gasteiger partial charge in [0.2, 0.25) is 0 Å². The fourth-order valence-corrected chi connectivity index (χ4v) is 3.20. The number of carbonyl (C=O) groups is 1. The van der Waals surface area contributed by atoms with Crippen LogP contribution in [-0.4, -0.2) is 41.6 Å². The zero-order chi connectivity index (χ0) is 19.6. The highest BCUT2D eigenvalue weighted by molar-refractivity contribution is 8.16. The lowest BCUT2D eigenvalue weighted by Crippen LogP contribution is -2.35. The van der Waals surface area contributed by atoms with Crippen molar-refractivity contribution in [1.82, 2.24) is 4.90 Å². The first-order valence-electron chi connectivity index (χ1n) is 7.78. The molecule has 2 aliphatic heterocycles. The van der Waals surface area contributed by atoms with Crippen LogP contribution in [-0.2, 0) is 9.53 Å². The molecular weight excluding hydrogens is 383 g/mol. The number of allylic oxidation sites excluding steroid dienone is 2. The summed E-state index contributed by atoms with van der Waals surface area (Å²) in [5.74, 6) is -0.304. The molecule has 0 saturated carbocycles. The Morgan fingerprint density at radius 2 is 1.93 bits per heavy atom. The third-order valence-corrected chi connectivity index (χ3v) is 4.44. The maximum absolute atomic E-state index is 13.8. The second kappa shape index (κ2) is 7.47. The Kier molecular flexibility index (Phi) is 5.26. The molecule has 0 fully saturated rings. The van der Waals surface area contributed by atoms with Crippen LogP contribution >= 0.6 is 11.8 Å². The average molecular weight is 397 g/mol. The Labute approximate surface area is 157 Å². The quantitative estimate of drug-likeness (QED) is 0.726. The molecule has 0 spiro atoms. The smallest absolute Gasteiger partial charge is 0.431 e. The molecule has 0 aliphatic carbocycles. The van der Waals surface area contributed by atoms with Crippen molar-refractivity contribution >= 4 is 28.6 Å². The van der Waals surface area contributed by atoms with Crippen molar-refractivity contribution in [1.29, 1.82) is 0 Å². The van der Waals surface area contributed by atoms with E-state index in [4.69, 9.17) is 9.47 Å². The molecule has 142 valence electrons. The third kappa shape index (κ3) is 3.85. The first-order valence-corrected chi connectivity index (χ1v) is 8.66. The first-order chi connectivity index (χ1) is 12.8. The van der Waals surface area contributed by atoms with E-state index in [-0.39, 0.29) is 23.2 Å². The van der Waals surface area contributed by atoms with Crippen molar-refractivity contribution in [2.45, 2.75) is 13.1 Å². The van der Waals surface area contributed by atoms with Gasteiger partial charge < -0.3 is 9.47 Å². The van der Waals surface area contributed by atoms with Crippen LogP contribution in [0.1, 0.15) is 12.5 Å². The zero-order valence-corrected chi connectivity index (χ0v) is 15.1. The molecule has 0 radical (unpaired) electrons. The van der Waals surface area contributed by atoms with Gasteiger partial charge in [-0.25, -0.2) is 4.79 Å². The van der Waals surface area contributed by atoms with E-state index in [0.29, 0.717) is 11.3 Å². The van der Waals surface area contributed by atoms with Crippen LogP contribution in [0.5, 0.6) is 5.75 Å². The SMILES string of the molecule is CCOC(=O)C1=CSC2=NN=C(c3ccc(OC)cc3)C=C(C(F)(F)F)N12. The number of hydrogen-bond donors (Lipinski definition) is 0. The maximum Gasteiger partial charge on any atom is 0.431 e. The van der Waals surface area contributed by atoms with E-state index in [0.717, 1.165) is 22.7 Å². The Morgan fingerprint density at radius 1 is 1.22 bits per heavy atom. The summed E-state index contributed by atoms with van der Waals surface area (Å²) in [5, 5.41) is 9.02. The lowest BCUT2D eigenvalue weighted by molar-refractivity contribution is -0.140. The van der Waals surface area contributed by atoms with Crippen molar-refractivity contribution < 1.29 is 27.4 Å². The third-order valence-electron chi connectivity index (χ3n) is 3.63. The van der Waals surface area contributed by atoms with Crippen LogP contribution in [0.4, 0.5) is 13.2 Å². The summed E-state index contributed by atoms with van der Waals surface area (Å²) < 4.78 is 51.2. The van der Waals surface area contributed by atoms with E-state index in [9.17, 15) is 18.0 Å². The molecule has 1 aromatic carbocycles. The predicted octanol–water partition coefficient (Wildman–Crippen LogP) is 3.67. The minimum atomic E-state index is -4.74. The molecule has 2 aliphatic rings. The van der Waals surface area contributed by atoms with Crippen LogP contribution in [0.15, 0.2) is 57.3 Å². The fourth-order valence-electron chi connectivity index (χ4n) is 2.39. The van der Waals surface area contributed by atoms with Gasteiger partial charge in [-0.15, -0.1) is 10.2 Å². The molecule has 10 heteroatoms.